The van der Waals surface area contributed by atoms with Crippen molar-refractivity contribution in [2.45, 2.75) is 12.8 Å². The van der Waals surface area contributed by atoms with Crippen LogP contribution in [-0.2, 0) is 0 Å². The average molecular weight is 220 g/mol. The Morgan fingerprint density at radius 1 is 1.73 bits per heavy atom. The van der Waals surface area contributed by atoms with E-state index in [9.17, 15) is 13.6 Å². The summed E-state index contributed by atoms with van der Waals surface area (Å²) in [6.07, 6.45) is 0. The van der Waals surface area contributed by atoms with Crippen LogP contribution < -0.4 is 5.32 Å². The zero-order chi connectivity index (χ0) is 11.5. The van der Waals surface area contributed by atoms with Crippen LogP contribution in [-0.4, -0.2) is 35.2 Å². The highest BCUT2D eigenvalue weighted by Crippen LogP contribution is 2.10. The summed E-state index contributed by atoms with van der Waals surface area (Å²) in [5.41, 5.74) is 0.481. The molecule has 0 spiro atoms. The quantitative estimate of drug-likeness (QED) is 0.767. The van der Waals surface area contributed by atoms with Gasteiger partial charge in [0, 0.05) is 6.07 Å². The summed E-state index contributed by atoms with van der Waals surface area (Å²) in [6, 6.07) is 1.33. The average Bonchev–Trinajstić information content (AvgIpc) is 2.61. The van der Waals surface area contributed by atoms with Crippen LogP contribution in [0.2, 0.25) is 0 Å². The number of amides is 1. The predicted molar refractivity (Wildman–Crippen MR) is 45.6 cm³/mol. The van der Waals surface area contributed by atoms with Crippen molar-refractivity contribution >= 4 is 5.91 Å². The van der Waals surface area contributed by atoms with Crippen LogP contribution in [0.3, 0.4) is 0 Å². The third-order valence-electron chi connectivity index (χ3n) is 1.59. The van der Waals surface area contributed by atoms with Gasteiger partial charge in [-0.15, -0.1) is 0 Å². The summed E-state index contributed by atoms with van der Waals surface area (Å²) in [5, 5.41) is 13.6. The van der Waals surface area contributed by atoms with Crippen molar-refractivity contribution in [2.24, 2.45) is 0 Å². The number of aliphatic hydroxyl groups excluding tert-OH is 1. The number of aromatic nitrogens is 1. The fraction of sp³-hybridized carbons (Fsp3) is 0.500. The van der Waals surface area contributed by atoms with Gasteiger partial charge >= 0.3 is 0 Å². The van der Waals surface area contributed by atoms with Gasteiger partial charge in [0.25, 0.3) is 11.8 Å². The number of carbonyl (C=O) groups is 1. The van der Waals surface area contributed by atoms with Crippen LogP contribution in [0.4, 0.5) is 8.78 Å². The molecule has 84 valence electrons. The molecule has 0 bridgehead atoms. The van der Waals surface area contributed by atoms with Gasteiger partial charge < -0.3 is 14.9 Å². The Balaban J connectivity index is 2.50. The molecular formula is C8H10F2N2O3. The Hall–Kier alpha value is -1.50. The van der Waals surface area contributed by atoms with Crippen molar-refractivity contribution in [3.05, 3.63) is 17.5 Å². The van der Waals surface area contributed by atoms with E-state index in [1.807, 2.05) is 5.32 Å². The van der Waals surface area contributed by atoms with Gasteiger partial charge in [-0.25, -0.2) is 8.78 Å². The highest BCUT2D eigenvalue weighted by atomic mass is 19.3. The molecule has 0 aliphatic heterocycles. The lowest BCUT2D eigenvalue weighted by Gasteiger charge is -2.12. The number of nitrogens with one attached hydrogen (secondary N) is 1. The van der Waals surface area contributed by atoms with Crippen molar-refractivity contribution in [3.63, 3.8) is 0 Å². The molecule has 0 atom stereocenters. The normalized spacial score (nSPS) is 11.5. The molecular weight excluding hydrogens is 210 g/mol. The van der Waals surface area contributed by atoms with E-state index in [0.717, 1.165) is 0 Å². The number of nitrogens with zero attached hydrogens (tertiary/aromatic N) is 1. The molecule has 1 rings (SSSR count). The lowest BCUT2D eigenvalue weighted by atomic mass is 10.3. The fourth-order valence-electron chi connectivity index (χ4n) is 0.823. The van der Waals surface area contributed by atoms with E-state index < -0.39 is 25.0 Å². The maximum Gasteiger partial charge on any atom is 0.290 e. The molecule has 1 amide bonds. The molecule has 1 aromatic heterocycles. The van der Waals surface area contributed by atoms with Gasteiger partial charge in [0.15, 0.2) is 0 Å². The maximum atomic E-state index is 12.5. The van der Waals surface area contributed by atoms with Crippen LogP contribution in [0.1, 0.15) is 16.2 Å². The van der Waals surface area contributed by atoms with Crippen molar-refractivity contribution in [1.82, 2.24) is 10.5 Å². The van der Waals surface area contributed by atoms with Crippen LogP contribution >= 0.6 is 0 Å². The topological polar surface area (TPSA) is 75.4 Å². The van der Waals surface area contributed by atoms with E-state index in [4.69, 9.17) is 5.11 Å². The number of hydrogen-bond acceptors (Lipinski definition) is 4. The molecule has 0 unspecified atom stereocenters. The van der Waals surface area contributed by atoms with E-state index in [1.54, 1.807) is 6.92 Å². The molecule has 0 fully saturated rings. The van der Waals surface area contributed by atoms with Gasteiger partial charge in [-0.05, 0) is 6.92 Å². The smallest absolute Gasteiger partial charge is 0.290 e. The number of rotatable bonds is 4. The van der Waals surface area contributed by atoms with E-state index in [1.165, 1.54) is 6.07 Å². The Bertz CT molecular complexity index is 351. The SMILES string of the molecule is Cc1cc(C(=O)NCC(F)(F)CO)on1. The third-order valence-corrected chi connectivity index (χ3v) is 1.59. The Labute approximate surface area is 84.1 Å². The summed E-state index contributed by atoms with van der Waals surface area (Å²) in [6.45, 7) is -0.659. The molecule has 0 aliphatic rings. The lowest BCUT2D eigenvalue weighted by molar-refractivity contribution is -0.0463. The fourth-order valence-corrected chi connectivity index (χ4v) is 0.823. The first-order valence-electron chi connectivity index (χ1n) is 4.15. The minimum atomic E-state index is -3.33. The molecule has 2 N–H and O–H groups in total. The lowest BCUT2D eigenvalue weighted by Crippen LogP contribution is -2.38. The van der Waals surface area contributed by atoms with Gasteiger partial charge in [0.1, 0.15) is 6.61 Å². The van der Waals surface area contributed by atoms with Gasteiger partial charge in [-0.3, -0.25) is 4.79 Å². The summed E-state index contributed by atoms with van der Waals surface area (Å²) in [4.78, 5) is 11.2. The largest absolute Gasteiger partial charge is 0.390 e. The van der Waals surface area contributed by atoms with Crippen molar-refractivity contribution in [2.75, 3.05) is 13.2 Å². The van der Waals surface area contributed by atoms with Crippen molar-refractivity contribution in [3.8, 4) is 0 Å². The number of carbonyl (C=O) groups excluding carboxylic acids is 1. The second-order valence-electron chi connectivity index (χ2n) is 3.03. The highest BCUT2D eigenvalue weighted by molar-refractivity contribution is 5.91. The van der Waals surface area contributed by atoms with Crippen LogP contribution in [0, 0.1) is 6.92 Å². The second kappa shape index (κ2) is 4.35. The predicted octanol–water partition coefficient (Wildman–Crippen LogP) is 0.340. The number of aryl methyl sites for hydroxylation is 1. The zero-order valence-corrected chi connectivity index (χ0v) is 7.96. The second-order valence-corrected chi connectivity index (χ2v) is 3.03. The van der Waals surface area contributed by atoms with E-state index >= 15 is 0 Å². The van der Waals surface area contributed by atoms with E-state index in [-0.39, 0.29) is 5.76 Å². The third kappa shape index (κ3) is 3.28. The summed E-state index contributed by atoms with van der Waals surface area (Å²) in [5.74, 6) is -4.25. The van der Waals surface area contributed by atoms with Crippen molar-refractivity contribution in [1.29, 1.82) is 0 Å². The minimum Gasteiger partial charge on any atom is -0.390 e. The first kappa shape index (κ1) is 11.6. The van der Waals surface area contributed by atoms with Gasteiger partial charge in [0.2, 0.25) is 5.76 Å². The monoisotopic (exact) mass is 220 g/mol. The molecule has 0 radical (unpaired) electrons. The molecule has 0 aliphatic carbocycles. The van der Waals surface area contributed by atoms with Crippen LogP contribution in [0.5, 0.6) is 0 Å². The zero-order valence-electron chi connectivity index (χ0n) is 7.96. The highest BCUT2D eigenvalue weighted by Gasteiger charge is 2.28. The summed E-state index contributed by atoms with van der Waals surface area (Å²) in [7, 11) is 0. The van der Waals surface area contributed by atoms with Gasteiger partial charge in [-0.1, -0.05) is 5.16 Å². The minimum absolute atomic E-state index is 0.138. The van der Waals surface area contributed by atoms with E-state index in [0.29, 0.717) is 5.69 Å². The van der Waals surface area contributed by atoms with Gasteiger partial charge in [-0.2, -0.15) is 0 Å². The summed E-state index contributed by atoms with van der Waals surface area (Å²) >= 11 is 0. The number of aliphatic hydroxyl groups is 1. The molecule has 0 saturated heterocycles. The molecule has 5 nitrogen and oxygen atoms in total. The first-order chi connectivity index (χ1) is 6.94. The van der Waals surface area contributed by atoms with E-state index in [2.05, 4.69) is 9.68 Å². The van der Waals surface area contributed by atoms with Gasteiger partial charge in [0.05, 0.1) is 12.2 Å². The molecule has 7 heteroatoms. The maximum absolute atomic E-state index is 12.5. The number of alkyl halides is 2. The molecule has 0 aromatic carbocycles. The number of halogens is 2. The van der Waals surface area contributed by atoms with Crippen LogP contribution in [0.15, 0.2) is 10.6 Å². The Kier molecular flexibility index (Phi) is 3.35. The Morgan fingerprint density at radius 3 is 2.87 bits per heavy atom. The first-order valence-corrected chi connectivity index (χ1v) is 4.15. The molecule has 0 saturated carbocycles. The summed E-state index contributed by atoms with van der Waals surface area (Å²) < 4.78 is 29.6. The standard InChI is InChI=1S/C8H10F2N2O3/c1-5-2-6(15-12-5)7(14)11-3-8(9,10)4-13/h2,13H,3-4H2,1H3,(H,11,14). The molecule has 1 heterocycles. The molecule has 1 aromatic rings. The number of hydrogen-bond donors (Lipinski definition) is 2. The van der Waals surface area contributed by atoms with Crippen molar-refractivity contribution < 1.29 is 23.2 Å². The molecule has 15 heavy (non-hydrogen) atoms. The Morgan fingerprint density at radius 2 is 2.40 bits per heavy atom. The van der Waals surface area contributed by atoms with Crippen LogP contribution in [0.25, 0.3) is 0 Å².